The predicted octanol–water partition coefficient (Wildman–Crippen LogP) is 1.91. The van der Waals surface area contributed by atoms with Gasteiger partial charge in [-0.1, -0.05) is 0 Å². The predicted molar refractivity (Wildman–Crippen MR) is 72.0 cm³/mol. The number of aliphatic hydroxyl groups excluding tert-OH is 1. The molecule has 0 amide bonds. The zero-order chi connectivity index (χ0) is 13.8. The summed E-state index contributed by atoms with van der Waals surface area (Å²) in [5, 5.41) is 31.5. The molecule has 0 saturated carbocycles. The van der Waals surface area contributed by atoms with Crippen LogP contribution in [0.25, 0.3) is 0 Å². The molecule has 0 unspecified atom stereocenters. The standard InChI is InChI=1S/C14H16N2O3/c1-9-14(19)13(10(8-17)6-15-9)7-16-11-2-4-12(18)5-3-11/h2-6,16-19H,7-8H2,1H3. The summed E-state index contributed by atoms with van der Waals surface area (Å²) in [5.41, 5.74) is 2.56. The van der Waals surface area contributed by atoms with E-state index in [9.17, 15) is 15.3 Å². The van der Waals surface area contributed by atoms with Gasteiger partial charge in [0.2, 0.25) is 0 Å². The summed E-state index contributed by atoms with van der Waals surface area (Å²) in [4.78, 5) is 4.01. The van der Waals surface area contributed by atoms with Crippen LogP contribution in [-0.4, -0.2) is 20.3 Å². The van der Waals surface area contributed by atoms with Crippen molar-refractivity contribution in [3.8, 4) is 11.5 Å². The molecule has 0 aliphatic heterocycles. The Bertz CT molecular complexity index is 568. The minimum Gasteiger partial charge on any atom is -0.508 e. The molecule has 0 radical (unpaired) electrons. The van der Waals surface area contributed by atoms with Crippen molar-refractivity contribution < 1.29 is 15.3 Å². The Kier molecular flexibility index (Phi) is 3.87. The normalized spacial score (nSPS) is 10.4. The van der Waals surface area contributed by atoms with Crippen LogP contribution in [0.5, 0.6) is 11.5 Å². The highest BCUT2D eigenvalue weighted by atomic mass is 16.3. The van der Waals surface area contributed by atoms with E-state index in [4.69, 9.17) is 0 Å². The summed E-state index contributed by atoms with van der Waals surface area (Å²) in [5.74, 6) is 0.294. The van der Waals surface area contributed by atoms with Gasteiger partial charge in [-0.25, -0.2) is 0 Å². The molecule has 0 saturated heterocycles. The smallest absolute Gasteiger partial charge is 0.142 e. The molecular formula is C14H16N2O3. The number of benzene rings is 1. The van der Waals surface area contributed by atoms with Gasteiger partial charge in [-0.05, 0) is 31.2 Å². The molecule has 19 heavy (non-hydrogen) atoms. The number of aromatic hydroxyl groups is 2. The largest absolute Gasteiger partial charge is 0.508 e. The first-order valence-electron chi connectivity index (χ1n) is 5.92. The van der Waals surface area contributed by atoms with Crippen molar-refractivity contribution in [1.29, 1.82) is 0 Å². The molecule has 0 fully saturated rings. The lowest BCUT2D eigenvalue weighted by molar-refractivity contribution is 0.279. The molecule has 1 aromatic carbocycles. The van der Waals surface area contributed by atoms with Gasteiger partial charge < -0.3 is 20.6 Å². The highest BCUT2D eigenvalue weighted by Crippen LogP contribution is 2.25. The first kappa shape index (κ1) is 13.2. The Hall–Kier alpha value is -2.27. The lowest BCUT2D eigenvalue weighted by Crippen LogP contribution is -2.05. The fourth-order valence-corrected chi connectivity index (χ4v) is 1.79. The lowest BCUT2D eigenvalue weighted by atomic mass is 10.1. The van der Waals surface area contributed by atoms with Gasteiger partial charge in [0, 0.05) is 29.6 Å². The minimum absolute atomic E-state index is 0.0952. The van der Waals surface area contributed by atoms with Crippen LogP contribution in [0, 0.1) is 6.92 Å². The van der Waals surface area contributed by atoms with E-state index < -0.39 is 0 Å². The third kappa shape index (κ3) is 2.95. The van der Waals surface area contributed by atoms with E-state index in [0.29, 0.717) is 23.4 Å². The van der Waals surface area contributed by atoms with Gasteiger partial charge in [-0.2, -0.15) is 0 Å². The first-order chi connectivity index (χ1) is 9.11. The van der Waals surface area contributed by atoms with Crippen LogP contribution < -0.4 is 5.32 Å². The molecule has 0 spiro atoms. The van der Waals surface area contributed by atoms with Crippen molar-refractivity contribution in [3.63, 3.8) is 0 Å². The van der Waals surface area contributed by atoms with Crippen LogP contribution in [0.4, 0.5) is 5.69 Å². The lowest BCUT2D eigenvalue weighted by Gasteiger charge is -2.13. The number of hydrogen-bond acceptors (Lipinski definition) is 5. The molecule has 0 aliphatic rings. The molecule has 2 rings (SSSR count). The van der Waals surface area contributed by atoms with E-state index >= 15 is 0 Å². The Morgan fingerprint density at radius 1 is 1.16 bits per heavy atom. The molecule has 1 heterocycles. The summed E-state index contributed by atoms with van der Waals surface area (Å²) in [6, 6.07) is 6.62. The summed E-state index contributed by atoms with van der Waals surface area (Å²) in [6.07, 6.45) is 1.56. The third-order valence-electron chi connectivity index (χ3n) is 2.94. The van der Waals surface area contributed by atoms with Gasteiger partial charge in [0.1, 0.15) is 11.5 Å². The molecule has 1 aromatic heterocycles. The van der Waals surface area contributed by atoms with Crippen LogP contribution in [0.15, 0.2) is 30.5 Å². The Labute approximate surface area is 111 Å². The summed E-state index contributed by atoms with van der Waals surface area (Å²) >= 11 is 0. The first-order valence-corrected chi connectivity index (χ1v) is 5.92. The van der Waals surface area contributed by atoms with Crippen LogP contribution in [0.3, 0.4) is 0 Å². The van der Waals surface area contributed by atoms with E-state index in [0.717, 1.165) is 5.69 Å². The van der Waals surface area contributed by atoms with Crippen molar-refractivity contribution in [1.82, 2.24) is 4.98 Å². The molecule has 4 N–H and O–H groups in total. The van der Waals surface area contributed by atoms with Crippen molar-refractivity contribution >= 4 is 5.69 Å². The Balaban J connectivity index is 2.19. The maximum atomic E-state index is 9.98. The average molecular weight is 260 g/mol. The molecule has 0 atom stereocenters. The fraction of sp³-hybridized carbons (Fsp3) is 0.214. The van der Waals surface area contributed by atoms with Gasteiger partial charge in [0.05, 0.1) is 12.3 Å². The maximum Gasteiger partial charge on any atom is 0.142 e. The van der Waals surface area contributed by atoms with Crippen LogP contribution in [-0.2, 0) is 13.2 Å². The average Bonchev–Trinajstić information content (AvgIpc) is 2.42. The summed E-state index contributed by atoms with van der Waals surface area (Å²) in [7, 11) is 0. The number of anilines is 1. The number of phenolic OH excluding ortho intramolecular Hbond substituents is 1. The minimum atomic E-state index is -0.173. The number of rotatable bonds is 4. The number of nitrogens with one attached hydrogen (secondary N) is 1. The van der Waals surface area contributed by atoms with Crippen LogP contribution >= 0.6 is 0 Å². The van der Waals surface area contributed by atoms with Crippen LogP contribution in [0.1, 0.15) is 16.8 Å². The second-order valence-corrected chi connectivity index (χ2v) is 4.25. The molecule has 100 valence electrons. The van der Waals surface area contributed by atoms with Gasteiger partial charge in [-0.3, -0.25) is 4.98 Å². The number of aryl methyl sites for hydroxylation is 1. The summed E-state index contributed by atoms with van der Waals surface area (Å²) < 4.78 is 0. The maximum absolute atomic E-state index is 9.98. The molecular weight excluding hydrogens is 244 g/mol. The van der Waals surface area contributed by atoms with E-state index in [1.54, 1.807) is 37.4 Å². The topological polar surface area (TPSA) is 85.6 Å². The third-order valence-corrected chi connectivity index (χ3v) is 2.94. The quantitative estimate of drug-likeness (QED) is 0.631. The number of nitrogens with zero attached hydrogens (tertiary/aromatic N) is 1. The second kappa shape index (κ2) is 5.58. The monoisotopic (exact) mass is 260 g/mol. The Morgan fingerprint density at radius 3 is 2.47 bits per heavy atom. The van der Waals surface area contributed by atoms with Crippen molar-refractivity contribution in [2.45, 2.75) is 20.1 Å². The number of aliphatic hydroxyl groups is 1. The van der Waals surface area contributed by atoms with E-state index in [-0.39, 0.29) is 18.1 Å². The van der Waals surface area contributed by atoms with Gasteiger partial charge in [0.25, 0.3) is 0 Å². The van der Waals surface area contributed by atoms with Gasteiger partial charge >= 0.3 is 0 Å². The number of pyridine rings is 1. The highest BCUT2D eigenvalue weighted by molar-refractivity contribution is 5.49. The van der Waals surface area contributed by atoms with Crippen molar-refractivity contribution in [2.75, 3.05) is 5.32 Å². The zero-order valence-electron chi connectivity index (χ0n) is 10.6. The second-order valence-electron chi connectivity index (χ2n) is 4.25. The SMILES string of the molecule is Cc1ncc(CO)c(CNc2ccc(O)cc2)c1O. The van der Waals surface area contributed by atoms with E-state index in [2.05, 4.69) is 10.3 Å². The van der Waals surface area contributed by atoms with Gasteiger partial charge in [0.15, 0.2) is 0 Å². The van der Waals surface area contributed by atoms with Crippen LogP contribution in [0.2, 0.25) is 0 Å². The van der Waals surface area contributed by atoms with Crippen molar-refractivity contribution in [2.24, 2.45) is 0 Å². The van der Waals surface area contributed by atoms with E-state index in [1.165, 1.54) is 0 Å². The molecule has 5 heteroatoms. The molecule has 0 aliphatic carbocycles. The zero-order valence-corrected chi connectivity index (χ0v) is 10.6. The number of hydrogen-bond donors (Lipinski definition) is 4. The number of phenols is 1. The van der Waals surface area contributed by atoms with Crippen molar-refractivity contribution in [3.05, 3.63) is 47.3 Å². The van der Waals surface area contributed by atoms with Gasteiger partial charge in [-0.15, -0.1) is 0 Å². The highest BCUT2D eigenvalue weighted by Gasteiger charge is 2.10. The summed E-state index contributed by atoms with van der Waals surface area (Å²) in [6.45, 7) is 1.91. The number of aromatic nitrogens is 1. The molecule has 5 nitrogen and oxygen atoms in total. The van der Waals surface area contributed by atoms with E-state index in [1.807, 2.05) is 0 Å². The molecule has 0 bridgehead atoms. The molecule has 2 aromatic rings. The Morgan fingerprint density at radius 2 is 1.84 bits per heavy atom. The fourth-order valence-electron chi connectivity index (χ4n) is 1.79.